The molecule has 0 unspecified atom stereocenters. The minimum absolute atomic E-state index is 0.0653. The summed E-state index contributed by atoms with van der Waals surface area (Å²) in [4.78, 5) is 11.2. The van der Waals surface area contributed by atoms with Crippen LogP contribution in [0.4, 0.5) is 28.8 Å². The molecule has 2 aromatic carbocycles. The Kier molecular flexibility index (Phi) is 9.05. The fourth-order valence-corrected chi connectivity index (χ4v) is 5.51. The lowest BCUT2D eigenvalue weighted by Crippen LogP contribution is -2.38. The number of nitrogens with one attached hydrogen (secondary N) is 2. The van der Waals surface area contributed by atoms with Crippen LogP contribution < -0.4 is 20.3 Å². The van der Waals surface area contributed by atoms with Crippen LogP contribution >= 0.6 is 11.6 Å². The molecule has 0 amide bonds. The summed E-state index contributed by atoms with van der Waals surface area (Å²) in [5.41, 5.74) is 3.10. The zero-order valence-corrected chi connectivity index (χ0v) is 25.2. The Hall–Kier alpha value is -3.57. The molecular weight excluding hydrogens is 550 g/mol. The summed E-state index contributed by atoms with van der Waals surface area (Å²) >= 11 is 6.42. The largest absolute Gasteiger partial charge is 0.489 e. The number of para-hydroxylation sites is 1. The lowest BCUT2D eigenvalue weighted by Gasteiger charge is -2.31. The van der Waals surface area contributed by atoms with Gasteiger partial charge in [-0.05, 0) is 65.3 Å². The smallest absolute Gasteiger partial charge is 0.229 e. The van der Waals surface area contributed by atoms with Crippen molar-refractivity contribution in [1.29, 1.82) is 0 Å². The van der Waals surface area contributed by atoms with Crippen LogP contribution in [0.3, 0.4) is 0 Å². The molecule has 1 aliphatic heterocycles. The van der Waals surface area contributed by atoms with Crippen molar-refractivity contribution in [2.45, 2.75) is 57.8 Å². The summed E-state index contributed by atoms with van der Waals surface area (Å²) < 4.78 is 32.0. The molecule has 1 aromatic heterocycles. The van der Waals surface area contributed by atoms with Gasteiger partial charge >= 0.3 is 0 Å². The van der Waals surface area contributed by atoms with Gasteiger partial charge in [0.2, 0.25) is 5.95 Å². The molecule has 0 radical (unpaired) electrons. The number of rotatable bonds is 10. The van der Waals surface area contributed by atoms with Crippen LogP contribution in [0.2, 0.25) is 5.02 Å². The number of halogens is 1. The number of benzene rings is 2. The van der Waals surface area contributed by atoms with Gasteiger partial charge < -0.3 is 20.3 Å². The Bertz CT molecular complexity index is 1500. The first kappa shape index (κ1) is 29.4. The number of hydrazone groups is 1. The van der Waals surface area contributed by atoms with Crippen molar-refractivity contribution in [3.8, 4) is 5.75 Å². The van der Waals surface area contributed by atoms with E-state index in [4.69, 9.17) is 16.3 Å². The van der Waals surface area contributed by atoms with Crippen molar-refractivity contribution in [3.05, 3.63) is 53.2 Å². The van der Waals surface area contributed by atoms with Crippen LogP contribution in [-0.2, 0) is 9.84 Å². The molecule has 1 aliphatic rings. The van der Waals surface area contributed by atoms with Gasteiger partial charge in [0, 0.05) is 24.8 Å². The van der Waals surface area contributed by atoms with Gasteiger partial charge in [-0.1, -0.05) is 23.7 Å². The minimum atomic E-state index is -3.54. The van der Waals surface area contributed by atoms with Crippen LogP contribution in [0.15, 0.2) is 52.6 Å². The molecule has 0 spiro atoms. The Morgan fingerprint density at radius 3 is 2.48 bits per heavy atom. The number of nitrogens with zero attached hydrogens (tertiary/aromatic N) is 5. The lowest BCUT2D eigenvalue weighted by molar-refractivity contribution is 0.244. The Labute approximate surface area is 241 Å². The van der Waals surface area contributed by atoms with Crippen LogP contribution in [0, 0.1) is 6.92 Å². The quantitative estimate of drug-likeness (QED) is 0.297. The molecule has 0 bridgehead atoms. The highest BCUT2D eigenvalue weighted by Gasteiger charge is 2.23. The molecule has 10 nitrogen and oxygen atoms in total. The molecule has 4 rings (SSSR count). The van der Waals surface area contributed by atoms with Crippen LogP contribution in [-0.4, -0.2) is 60.7 Å². The minimum Gasteiger partial charge on any atom is -0.489 e. The average Bonchev–Trinajstić information content (AvgIpc) is 2.92. The highest BCUT2D eigenvalue weighted by Crippen LogP contribution is 2.36. The van der Waals surface area contributed by atoms with Crippen molar-refractivity contribution < 1.29 is 13.2 Å². The molecule has 12 heteroatoms. The van der Waals surface area contributed by atoms with Gasteiger partial charge in [-0.15, -0.1) is 0 Å². The van der Waals surface area contributed by atoms with E-state index in [2.05, 4.69) is 37.5 Å². The third-order valence-electron chi connectivity index (χ3n) is 6.35. The Morgan fingerprint density at radius 1 is 1.07 bits per heavy atom. The van der Waals surface area contributed by atoms with Crippen LogP contribution in [0.5, 0.6) is 5.75 Å². The Morgan fingerprint density at radius 2 is 1.82 bits per heavy atom. The second-order valence-electron chi connectivity index (χ2n) is 10.0. The van der Waals surface area contributed by atoms with E-state index >= 15 is 0 Å². The molecule has 0 aliphatic carbocycles. The average molecular weight is 586 g/mol. The van der Waals surface area contributed by atoms with Gasteiger partial charge in [0.1, 0.15) is 17.1 Å². The third kappa shape index (κ3) is 6.59. The van der Waals surface area contributed by atoms with E-state index in [0.29, 0.717) is 17.1 Å². The van der Waals surface area contributed by atoms with Crippen LogP contribution in [0.1, 0.15) is 40.2 Å². The maximum absolute atomic E-state index is 12.9. The van der Waals surface area contributed by atoms with Gasteiger partial charge in [0.25, 0.3) is 0 Å². The number of hydrogen-bond donors (Lipinski definition) is 2. The number of likely N-dealkylation sites (N-methyl/N-ethyl adjacent to an activating group) is 1. The Balaban J connectivity index is 1.66. The zero-order valence-electron chi connectivity index (χ0n) is 23.6. The zero-order chi connectivity index (χ0) is 29.0. The standard InChI is InChI=1S/C28H36ClN7O3S/c1-7-36-13-12-35(17-31-36)24-15-25(39-18(2)3)23(14-20(24)6)33-28-30-16-21(29)27(34-28)32-22-10-8-9-11-26(22)40(37,38)19(4)5/h8-11,14-19H,7,12-13H2,1-6H3,(H2,30,32,33,34). The molecule has 0 atom stereocenters. The van der Waals surface area contributed by atoms with E-state index in [1.807, 2.05) is 44.3 Å². The predicted octanol–water partition coefficient (Wildman–Crippen LogP) is 5.98. The van der Waals surface area contributed by atoms with Gasteiger partial charge in [0.15, 0.2) is 15.7 Å². The molecule has 2 N–H and O–H groups in total. The van der Waals surface area contributed by atoms with Crippen molar-refractivity contribution in [2.24, 2.45) is 5.10 Å². The first-order chi connectivity index (χ1) is 19.0. The molecule has 0 fully saturated rings. The molecule has 214 valence electrons. The molecule has 2 heterocycles. The van der Waals surface area contributed by atoms with Crippen molar-refractivity contribution in [2.75, 3.05) is 35.2 Å². The summed E-state index contributed by atoms with van der Waals surface area (Å²) in [6.45, 7) is 13.9. The number of anilines is 5. The summed E-state index contributed by atoms with van der Waals surface area (Å²) in [7, 11) is -3.54. The summed E-state index contributed by atoms with van der Waals surface area (Å²) in [5, 5.41) is 12.5. The number of ether oxygens (including phenoxy) is 1. The van der Waals surface area contributed by atoms with Gasteiger partial charge in [-0.2, -0.15) is 10.1 Å². The first-order valence-electron chi connectivity index (χ1n) is 13.3. The van der Waals surface area contributed by atoms with E-state index in [9.17, 15) is 8.42 Å². The van der Waals surface area contributed by atoms with Gasteiger partial charge in [-0.25, -0.2) is 13.4 Å². The lowest BCUT2D eigenvalue weighted by atomic mass is 10.1. The first-order valence-corrected chi connectivity index (χ1v) is 15.2. The fourth-order valence-electron chi connectivity index (χ4n) is 4.17. The van der Waals surface area contributed by atoms with E-state index in [1.165, 1.54) is 6.20 Å². The number of sulfone groups is 1. The van der Waals surface area contributed by atoms with Gasteiger partial charge in [0.05, 0.1) is 40.4 Å². The molecule has 0 saturated carbocycles. The highest BCUT2D eigenvalue weighted by atomic mass is 35.5. The summed E-state index contributed by atoms with van der Waals surface area (Å²) in [5.74, 6) is 1.19. The van der Waals surface area contributed by atoms with E-state index in [1.54, 1.807) is 38.1 Å². The monoisotopic (exact) mass is 585 g/mol. The van der Waals surface area contributed by atoms with Crippen LogP contribution in [0.25, 0.3) is 0 Å². The SMILES string of the molecule is CCN1CCN(c2cc(OC(C)C)c(Nc3ncc(Cl)c(Nc4ccccc4S(=O)(=O)C(C)C)n3)cc2C)C=N1. The topological polar surface area (TPSA) is 112 Å². The third-order valence-corrected chi connectivity index (χ3v) is 8.83. The molecule has 0 saturated heterocycles. The molecular formula is C28H36ClN7O3S. The van der Waals surface area contributed by atoms with E-state index in [-0.39, 0.29) is 27.8 Å². The maximum Gasteiger partial charge on any atom is 0.229 e. The number of hydrogen-bond acceptors (Lipinski definition) is 10. The van der Waals surface area contributed by atoms with Crippen molar-refractivity contribution >= 4 is 56.6 Å². The van der Waals surface area contributed by atoms with Crippen molar-refractivity contribution in [3.63, 3.8) is 0 Å². The summed E-state index contributed by atoms with van der Waals surface area (Å²) in [6, 6.07) is 10.7. The molecule has 40 heavy (non-hydrogen) atoms. The van der Waals surface area contributed by atoms with E-state index in [0.717, 1.165) is 30.9 Å². The number of aryl methyl sites for hydroxylation is 1. The fraction of sp³-hybridized carbons (Fsp3) is 0.393. The predicted molar refractivity (Wildman–Crippen MR) is 162 cm³/mol. The summed E-state index contributed by atoms with van der Waals surface area (Å²) in [6.07, 6.45) is 3.25. The van der Waals surface area contributed by atoms with E-state index < -0.39 is 15.1 Å². The second kappa shape index (κ2) is 12.3. The number of aromatic nitrogens is 2. The normalized spacial score (nSPS) is 13.7. The van der Waals surface area contributed by atoms with Crippen molar-refractivity contribution in [1.82, 2.24) is 15.0 Å². The second-order valence-corrected chi connectivity index (χ2v) is 12.9. The molecule has 3 aromatic rings. The van der Waals surface area contributed by atoms with Gasteiger partial charge in [-0.3, -0.25) is 5.01 Å². The maximum atomic E-state index is 12.9. The highest BCUT2D eigenvalue weighted by molar-refractivity contribution is 7.92.